The lowest BCUT2D eigenvalue weighted by Gasteiger charge is -2.34. The Balaban J connectivity index is 1.73. The van der Waals surface area contributed by atoms with Crippen LogP contribution < -0.4 is 10.2 Å². The van der Waals surface area contributed by atoms with Crippen LogP contribution in [-0.2, 0) is 4.79 Å². The summed E-state index contributed by atoms with van der Waals surface area (Å²) in [5, 5.41) is 12.8. The van der Waals surface area contributed by atoms with Gasteiger partial charge in [0.1, 0.15) is 6.07 Å². The van der Waals surface area contributed by atoms with Crippen molar-refractivity contribution >= 4 is 28.9 Å². The number of piperidine rings is 1. The second-order valence-corrected chi connectivity index (χ2v) is 6.35. The van der Waals surface area contributed by atoms with Gasteiger partial charge in [-0.05, 0) is 43.2 Å². The van der Waals surface area contributed by atoms with Crippen LogP contribution in [0, 0.1) is 17.2 Å². The maximum absolute atomic E-state index is 12.5. The van der Waals surface area contributed by atoms with E-state index in [4.69, 9.17) is 11.6 Å². The van der Waals surface area contributed by atoms with Gasteiger partial charge in [0.05, 0.1) is 17.2 Å². The second-order valence-electron chi connectivity index (χ2n) is 5.91. The fourth-order valence-corrected chi connectivity index (χ4v) is 3.22. The Morgan fingerprint density at radius 3 is 2.79 bits per heavy atom. The first-order chi connectivity index (χ1) is 11.7. The van der Waals surface area contributed by atoms with Gasteiger partial charge in [-0.2, -0.15) is 5.26 Å². The van der Waals surface area contributed by atoms with Crippen LogP contribution in [0.25, 0.3) is 0 Å². The fraction of sp³-hybridized carbons (Fsp3) is 0.263. The van der Waals surface area contributed by atoms with Gasteiger partial charge in [0.25, 0.3) is 0 Å². The highest BCUT2D eigenvalue weighted by atomic mass is 35.5. The van der Waals surface area contributed by atoms with Gasteiger partial charge >= 0.3 is 0 Å². The lowest BCUT2D eigenvalue weighted by molar-refractivity contribution is -0.120. The van der Waals surface area contributed by atoms with Crippen molar-refractivity contribution in [1.82, 2.24) is 0 Å². The number of hydrogen-bond acceptors (Lipinski definition) is 3. The number of anilines is 2. The Morgan fingerprint density at radius 2 is 2.04 bits per heavy atom. The molecule has 1 atom stereocenters. The molecule has 1 unspecified atom stereocenters. The number of carbonyl (C=O) groups excluding carboxylic acids is 1. The van der Waals surface area contributed by atoms with E-state index in [9.17, 15) is 10.1 Å². The molecule has 2 aromatic rings. The summed E-state index contributed by atoms with van der Waals surface area (Å²) >= 11 is 5.97. The number of nitrogens with zero attached hydrogens (tertiary/aromatic N) is 2. The van der Waals surface area contributed by atoms with Crippen LogP contribution in [0.5, 0.6) is 0 Å². The van der Waals surface area contributed by atoms with Crippen LogP contribution in [0.1, 0.15) is 18.4 Å². The third-order valence-corrected chi connectivity index (χ3v) is 4.49. The molecule has 1 aliphatic rings. The molecule has 1 amide bonds. The molecule has 0 aliphatic carbocycles. The number of rotatable bonds is 3. The van der Waals surface area contributed by atoms with Crippen LogP contribution in [0.2, 0.25) is 5.02 Å². The van der Waals surface area contributed by atoms with E-state index in [2.05, 4.69) is 16.3 Å². The molecule has 0 bridgehead atoms. The molecule has 2 aromatic carbocycles. The molecule has 3 rings (SSSR count). The third-order valence-electron chi connectivity index (χ3n) is 4.25. The SMILES string of the molecule is N#Cc1cc(Cl)ccc1N1CCCC(C(=O)Nc2ccccc2)C1. The van der Waals surface area contributed by atoms with E-state index in [0.29, 0.717) is 17.1 Å². The smallest absolute Gasteiger partial charge is 0.229 e. The molecule has 5 heteroatoms. The highest BCUT2D eigenvalue weighted by Crippen LogP contribution is 2.28. The summed E-state index contributed by atoms with van der Waals surface area (Å²) in [5.74, 6) is -0.0699. The van der Waals surface area contributed by atoms with Crippen molar-refractivity contribution in [1.29, 1.82) is 5.26 Å². The average molecular weight is 340 g/mol. The molecule has 1 aliphatic heterocycles. The van der Waals surface area contributed by atoms with Crippen LogP contribution in [0.15, 0.2) is 48.5 Å². The van der Waals surface area contributed by atoms with Crippen LogP contribution >= 0.6 is 11.6 Å². The van der Waals surface area contributed by atoms with E-state index in [1.165, 1.54) is 0 Å². The standard InChI is InChI=1S/C19H18ClN3O/c20-16-8-9-18(15(11-16)12-21)23-10-4-5-14(13-23)19(24)22-17-6-2-1-3-7-17/h1-3,6-9,11,14H,4-5,10,13H2,(H,22,24). The first-order valence-corrected chi connectivity index (χ1v) is 8.35. The number of nitriles is 1. The highest BCUT2D eigenvalue weighted by molar-refractivity contribution is 6.30. The van der Waals surface area contributed by atoms with Crippen molar-refractivity contribution in [3.8, 4) is 6.07 Å². The quantitative estimate of drug-likeness (QED) is 0.917. The van der Waals surface area contributed by atoms with Crippen molar-refractivity contribution in [2.75, 3.05) is 23.3 Å². The van der Waals surface area contributed by atoms with Gasteiger partial charge in [-0.25, -0.2) is 0 Å². The largest absolute Gasteiger partial charge is 0.370 e. The van der Waals surface area contributed by atoms with Crippen molar-refractivity contribution < 1.29 is 4.79 Å². The molecule has 0 radical (unpaired) electrons. The van der Waals surface area contributed by atoms with Crippen molar-refractivity contribution in [3.63, 3.8) is 0 Å². The lowest BCUT2D eigenvalue weighted by atomic mass is 9.96. The zero-order valence-electron chi connectivity index (χ0n) is 13.2. The number of carbonyl (C=O) groups is 1. The Kier molecular flexibility index (Phi) is 5.02. The van der Waals surface area contributed by atoms with Gasteiger partial charge in [-0.15, -0.1) is 0 Å². The normalized spacial score (nSPS) is 17.2. The molecule has 1 fully saturated rings. The van der Waals surface area contributed by atoms with Gasteiger partial charge in [-0.3, -0.25) is 4.79 Å². The second kappa shape index (κ2) is 7.37. The minimum atomic E-state index is -0.0961. The maximum atomic E-state index is 12.5. The number of amides is 1. The third kappa shape index (κ3) is 3.69. The molecular weight excluding hydrogens is 322 g/mol. The summed E-state index contributed by atoms with van der Waals surface area (Å²) in [6.45, 7) is 1.44. The Bertz CT molecular complexity index is 770. The molecule has 0 saturated carbocycles. The first-order valence-electron chi connectivity index (χ1n) is 7.98. The van der Waals surface area contributed by atoms with Gasteiger partial charge in [0.2, 0.25) is 5.91 Å². The number of para-hydroxylation sites is 1. The molecule has 1 saturated heterocycles. The summed E-state index contributed by atoms with van der Waals surface area (Å²) in [4.78, 5) is 14.6. The van der Waals surface area contributed by atoms with Gasteiger partial charge in [-0.1, -0.05) is 29.8 Å². The Labute approximate surface area is 146 Å². The maximum Gasteiger partial charge on any atom is 0.229 e. The Morgan fingerprint density at radius 1 is 1.25 bits per heavy atom. The molecule has 0 aromatic heterocycles. The number of nitrogens with one attached hydrogen (secondary N) is 1. The molecule has 122 valence electrons. The summed E-state index contributed by atoms with van der Waals surface area (Å²) in [7, 11) is 0. The Hall–Kier alpha value is -2.51. The monoisotopic (exact) mass is 339 g/mol. The summed E-state index contributed by atoms with van der Waals surface area (Å²) < 4.78 is 0. The van der Waals surface area contributed by atoms with Crippen molar-refractivity contribution in [3.05, 3.63) is 59.1 Å². The lowest BCUT2D eigenvalue weighted by Crippen LogP contribution is -2.41. The molecule has 0 spiro atoms. The predicted molar refractivity (Wildman–Crippen MR) is 96.2 cm³/mol. The number of halogens is 1. The molecule has 1 heterocycles. The molecule has 24 heavy (non-hydrogen) atoms. The van der Waals surface area contributed by atoms with Crippen molar-refractivity contribution in [2.24, 2.45) is 5.92 Å². The molecular formula is C19H18ClN3O. The average Bonchev–Trinajstić information content (AvgIpc) is 2.62. The molecule has 4 nitrogen and oxygen atoms in total. The van der Waals surface area contributed by atoms with E-state index in [0.717, 1.165) is 30.8 Å². The van der Waals surface area contributed by atoms with Crippen LogP contribution in [0.4, 0.5) is 11.4 Å². The van der Waals surface area contributed by atoms with Crippen molar-refractivity contribution in [2.45, 2.75) is 12.8 Å². The first kappa shape index (κ1) is 16.4. The molecule has 1 N–H and O–H groups in total. The zero-order valence-corrected chi connectivity index (χ0v) is 14.0. The summed E-state index contributed by atoms with van der Waals surface area (Å²) in [6, 6.07) is 17.0. The number of hydrogen-bond donors (Lipinski definition) is 1. The predicted octanol–water partition coefficient (Wildman–Crippen LogP) is 4.07. The summed E-state index contributed by atoms with van der Waals surface area (Å²) in [5.41, 5.74) is 2.20. The fourth-order valence-electron chi connectivity index (χ4n) is 3.05. The minimum absolute atomic E-state index is 0.0263. The highest BCUT2D eigenvalue weighted by Gasteiger charge is 2.27. The number of benzene rings is 2. The topological polar surface area (TPSA) is 56.1 Å². The zero-order chi connectivity index (χ0) is 16.9. The van der Waals surface area contributed by atoms with Gasteiger partial charge in [0.15, 0.2) is 0 Å². The van der Waals surface area contributed by atoms with E-state index in [-0.39, 0.29) is 11.8 Å². The van der Waals surface area contributed by atoms with Crippen LogP contribution in [0.3, 0.4) is 0 Å². The van der Waals surface area contributed by atoms with E-state index < -0.39 is 0 Å². The summed E-state index contributed by atoms with van der Waals surface area (Å²) in [6.07, 6.45) is 1.77. The van der Waals surface area contributed by atoms with E-state index in [1.54, 1.807) is 12.1 Å². The van der Waals surface area contributed by atoms with Gasteiger partial charge < -0.3 is 10.2 Å². The van der Waals surface area contributed by atoms with Gasteiger partial charge in [0, 0.05) is 23.8 Å². The van der Waals surface area contributed by atoms with Crippen LogP contribution in [-0.4, -0.2) is 19.0 Å². The van der Waals surface area contributed by atoms with E-state index >= 15 is 0 Å². The minimum Gasteiger partial charge on any atom is -0.370 e. The van der Waals surface area contributed by atoms with E-state index in [1.807, 2.05) is 36.4 Å².